The summed E-state index contributed by atoms with van der Waals surface area (Å²) in [4.78, 5) is 16.6. The highest BCUT2D eigenvalue weighted by molar-refractivity contribution is 7.08. The van der Waals surface area contributed by atoms with Crippen molar-refractivity contribution in [1.29, 1.82) is 0 Å². The molecule has 1 aromatic carbocycles. The molecule has 3 heterocycles. The van der Waals surface area contributed by atoms with Gasteiger partial charge >= 0.3 is 0 Å². The molecule has 1 amide bonds. The molecule has 0 radical (unpaired) electrons. The van der Waals surface area contributed by atoms with Crippen LogP contribution in [0.4, 0.5) is 0 Å². The quantitative estimate of drug-likeness (QED) is 0.759. The van der Waals surface area contributed by atoms with Gasteiger partial charge in [0, 0.05) is 35.8 Å². The molecule has 0 saturated carbocycles. The zero-order valence-corrected chi connectivity index (χ0v) is 14.3. The van der Waals surface area contributed by atoms with Crippen molar-refractivity contribution in [2.24, 2.45) is 0 Å². The van der Waals surface area contributed by atoms with Gasteiger partial charge in [-0.1, -0.05) is 23.4 Å². The largest absolute Gasteiger partial charge is 0.493 e. The number of carbonyl (C=O) groups excluding carboxylic acids is 1. The molecule has 128 valence electrons. The van der Waals surface area contributed by atoms with Crippen LogP contribution in [0.15, 0.2) is 45.6 Å². The number of hydrogen-bond acceptors (Lipinski definition) is 6. The number of fused-ring (bicyclic) bond motifs is 1. The summed E-state index contributed by atoms with van der Waals surface area (Å²) >= 11 is 1.58. The minimum absolute atomic E-state index is 0.0125. The second-order valence-electron chi connectivity index (χ2n) is 5.82. The summed E-state index contributed by atoms with van der Waals surface area (Å²) < 4.78 is 10.8. The number of nitrogens with one attached hydrogen (secondary N) is 1. The molecule has 0 fully saturated rings. The Hall–Kier alpha value is -2.67. The van der Waals surface area contributed by atoms with Crippen molar-refractivity contribution in [2.75, 3.05) is 6.61 Å². The fourth-order valence-corrected chi connectivity index (χ4v) is 3.48. The Morgan fingerprint density at radius 1 is 1.32 bits per heavy atom. The van der Waals surface area contributed by atoms with E-state index in [0.717, 1.165) is 23.3 Å². The number of carbonyl (C=O) groups is 1. The van der Waals surface area contributed by atoms with E-state index in [1.165, 1.54) is 0 Å². The molecule has 0 saturated heterocycles. The van der Waals surface area contributed by atoms with Crippen LogP contribution < -0.4 is 10.1 Å². The van der Waals surface area contributed by atoms with Crippen molar-refractivity contribution < 1.29 is 14.1 Å². The first-order valence-corrected chi connectivity index (χ1v) is 9.10. The molecule has 0 aliphatic carbocycles. The van der Waals surface area contributed by atoms with Gasteiger partial charge in [0.1, 0.15) is 5.75 Å². The van der Waals surface area contributed by atoms with Gasteiger partial charge in [-0.2, -0.15) is 16.3 Å². The Balaban J connectivity index is 1.34. The number of amides is 1. The van der Waals surface area contributed by atoms with E-state index in [9.17, 15) is 4.79 Å². The Bertz CT molecular complexity index is 860. The van der Waals surface area contributed by atoms with E-state index in [1.54, 1.807) is 11.3 Å². The van der Waals surface area contributed by atoms with Crippen molar-refractivity contribution in [2.45, 2.75) is 25.3 Å². The van der Waals surface area contributed by atoms with E-state index in [4.69, 9.17) is 9.26 Å². The molecule has 1 aliphatic rings. The molecule has 1 N–H and O–H groups in total. The highest BCUT2D eigenvalue weighted by atomic mass is 32.1. The van der Waals surface area contributed by atoms with Crippen molar-refractivity contribution >= 4 is 17.2 Å². The third-order valence-electron chi connectivity index (χ3n) is 4.11. The highest BCUT2D eigenvalue weighted by Crippen LogP contribution is 2.31. The molecule has 0 bridgehead atoms. The maximum atomic E-state index is 12.3. The number of aryl methyl sites for hydroxylation is 1. The zero-order chi connectivity index (χ0) is 17.1. The second kappa shape index (κ2) is 7.06. The first kappa shape index (κ1) is 15.8. The number of ether oxygens (including phenoxy) is 1. The van der Waals surface area contributed by atoms with Crippen LogP contribution in [-0.2, 0) is 11.2 Å². The third-order valence-corrected chi connectivity index (χ3v) is 4.79. The number of hydrogen-bond donors (Lipinski definition) is 1. The fraction of sp³-hybridized carbons (Fsp3) is 0.278. The predicted octanol–water partition coefficient (Wildman–Crippen LogP) is 3.37. The second-order valence-corrected chi connectivity index (χ2v) is 6.60. The maximum absolute atomic E-state index is 12.3. The highest BCUT2D eigenvalue weighted by Gasteiger charge is 2.22. The molecule has 25 heavy (non-hydrogen) atoms. The molecule has 0 spiro atoms. The Kier molecular flexibility index (Phi) is 4.47. The normalized spacial score (nSPS) is 16.1. The van der Waals surface area contributed by atoms with Crippen LogP contribution in [0.2, 0.25) is 0 Å². The molecular weight excluding hydrogens is 338 g/mol. The van der Waals surface area contributed by atoms with Crippen LogP contribution in [0.3, 0.4) is 0 Å². The molecule has 0 unspecified atom stereocenters. The van der Waals surface area contributed by atoms with Gasteiger partial charge in [0.15, 0.2) is 0 Å². The Labute approximate surface area is 148 Å². The van der Waals surface area contributed by atoms with Crippen molar-refractivity contribution in [3.05, 3.63) is 52.5 Å². The molecular formula is C18H17N3O3S. The van der Waals surface area contributed by atoms with Crippen LogP contribution in [0, 0.1) is 0 Å². The van der Waals surface area contributed by atoms with Gasteiger partial charge in [-0.3, -0.25) is 4.79 Å². The van der Waals surface area contributed by atoms with E-state index in [1.807, 2.05) is 41.1 Å². The van der Waals surface area contributed by atoms with Crippen molar-refractivity contribution in [3.63, 3.8) is 0 Å². The first-order valence-electron chi connectivity index (χ1n) is 8.16. The Morgan fingerprint density at radius 3 is 3.12 bits per heavy atom. The molecule has 7 heteroatoms. The molecule has 3 aromatic rings. The summed E-state index contributed by atoms with van der Waals surface area (Å²) in [6, 6.07) is 9.74. The van der Waals surface area contributed by atoms with Crippen LogP contribution >= 0.6 is 11.3 Å². The fourth-order valence-electron chi connectivity index (χ4n) is 2.84. The molecule has 1 aliphatic heterocycles. The molecule has 1 atom stereocenters. The standard InChI is InChI=1S/C18H17N3O3S/c22-16(19-14-7-9-23-15-4-2-1-3-13(14)15)5-6-17-20-18(21-24-17)12-8-10-25-11-12/h1-4,8,10-11,14H,5-7,9H2,(H,19,22)/t14-/m1/s1. The summed E-state index contributed by atoms with van der Waals surface area (Å²) in [5, 5.41) is 11.0. The van der Waals surface area contributed by atoms with Crippen molar-refractivity contribution in [3.8, 4) is 17.1 Å². The van der Waals surface area contributed by atoms with Gasteiger partial charge in [0.05, 0.1) is 12.6 Å². The maximum Gasteiger partial charge on any atom is 0.227 e. The van der Waals surface area contributed by atoms with Crippen molar-refractivity contribution in [1.82, 2.24) is 15.5 Å². The summed E-state index contributed by atoms with van der Waals surface area (Å²) in [5.41, 5.74) is 1.96. The van der Waals surface area contributed by atoms with Crippen LogP contribution in [0.5, 0.6) is 5.75 Å². The molecule has 6 nitrogen and oxygen atoms in total. The van der Waals surface area contributed by atoms with Gasteiger partial charge < -0.3 is 14.6 Å². The number of thiophene rings is 1. The lowest BCUT2D eigenvalue weighted by atomic mass is 10.0. The lowest BCUT2D eigenvalue weighted by Gasteiger charge is -2.26. The molecule has 2 aromatic heterocycles. The summed E-state index contributed by atoms with van der Waals surface area (Å²) in [6.45, 7) is 0.607. The van der Waals surface area contributed by atoms with E-state index >= 15 is 0 Å². The smallest absolute Gasteiger partial charge is 0.227 e. The number of benzene rings is 1. The lowest BCUT2D eigenvalue weighted by Crippen LogP contribution is -2.32. The average Bonchev–Trinajstić information content (AvgIpc) is 3.32. The van der Waals surface area contributed by atoms with Crippen LogP contribution in [-0.4, -0.2) is 22.7 Å². The van der Waals surface area contributed by atoms with Crippen LogP contribution in [0.25, 0.3) is 11.4 Å². The predicted molar refractivity (Wildman–Crippen MR) is 93.4 cm³/mol. The van der Waals surface area contributed by atoms with Gasteiger partial charge in [-0.05, 0) is 17.5 Å². The summed E-state index contributed by atoms with van der Waals surface area (Å²) in [7, 11) is 0. The van der Waals surface area contributed by atoms with Gasteiger partial charge in [-0.25, -0.2) is 0 Å². The lowest BCUT2D eigenvalue weighted by molar-refractivity contribution is -0.122. The minimum Gasteiger partial charge on any atom is -0.493 e. The van der Waals surface area contributed by atoms with E-state index in [-0.39, 0.29) is 11.9 Å². The van der Waals surface area contributed by atoms with E-state index < -0.39 is 0 Å². The van der Waals surface area contributed by atoms with Gasteiger partial charge in [0.25, 0.3) is 0 Å². The van der Waals surface area contributed by atoms with E-state index in [0.29, 0.717) is 31.2 Å². The SMILES string of the molecule is O=C(CCc1nc(-c2ccsc2)no1)N[C@@H]1CCOc2ccccc21. The number of aromatic nitrogens is 2. The number of para-hydroxylation sites is 1. The van der Waals surface area contributed by atoms with Crippen LogP contribution in [0.1, 0.15) is 30.3 Å². The Morgan fingerprint density at radius 2 is 2.24 bits per heavy atom. The van der Waals surface area contributed by atoms with Gasteiger partial charge in [-0.15, -0.1) is 0 Å². The van der Waals surface area contributed by atoms with E-state index in [2.05, 4.69) is 15.5 Å². The summed E-state index contributed by atoms with van der Waals surface area (Å²) in [5.74, 6) is 1.85. The number of nitrogens with zero attached hydrogens (tertiary/aromatic N) is 2. The minimum atomic E-state index is -0.0306. The third kappa shape index (κ3) is 3.56. The monoisotopic (exact) mass is 355 g/mol. The summed E-state index contributed by atoms with van der Waals surface area (Å²) in [6.07, 6.45) is 1.50. The molecule has 4 rings (SSSR count). The topological polar surface area (TPSA) is 77.2 Å². The number of rotatable bonds is 5. The average molecular weight is 355 g/mol. The first-order chi connectivity index (χ1) is 12.3. The van der Waals surface area contributed by atoms with Gasteiger partial charge in [0.2, 0.25) is 17.6 Å². The zero-order valence-electron chi connectivity index (χ0n) is 13.5.